The van der Waals surface area contributed by atoms with Crippen molar-refractivity contribution in [3.05, 3.63) is 83.7 Å². The second-order valence-electron chi connectivity index (χ2n) is 7.06. The topological polar surface area (TPSA) is 67.2 Å². The number of aromatic hydroxyl groups is 1. The van der Waals surface area contributed by atoms with Gasteiger partial charge in [-0.25, -0.2) is 5.01 Å². The zero-order valence-electron chi connectivity index (χ0n) is 16.0. The summed E-state index contributed by atoms with van der Waals surface area (Å²) >= 11 is 0. The highest BCUT2D eigenvalue weighted by atomic mass is 16.5. The molecule has 0 aliphatic carbocycles. The number of hydrogen-bond acceptors (Lipinski definition) is 6. The molecule has 2 unspecified atom stereocenters. The SMILES string of the molecule is CCOc1cccc2c1OC(c1ccncc1)N1N=C(c3cccc(O)c3)CC21. The molecule has 0 saturated heterocycles. The number of hydrogen-bond donors (Lipinski definition) is 1. The molecule has 3 heterocycles. The van der Waals surface area contributed by atoms with E-state index in [1.807, 2.05) is 48.3 Å². The number of aromatic nitrogens is 1. The molecule has 0 radical (unpaired) electrons. The van der Waals surface area contributed by atoms with E-state index in [4.69, 9.17) is 14.6 Å². The average molecular weight is 387 g/mol. The Kier molecular flexibility index (Phi) is 4.31. The molecule has 6 heteroatoms. The zero-order chi connectivity index (χ0) is 19.8. The number of ether oxygens (including phenoxy) is 2. The highest BCUT2D eigenvalue weighted by Crippen LogP contribution is 2.50. The Labute approximate surface area is 169 Å². The van der Waals surface area contributed by atoms with E-state index in [0.717, 1.165) is 40.3 Å². The molecule has 2 aromatic carbocycles. The third-order valence-electron chi connectivity index (χ3n) is 5.25. The largest absolute Gasteiger partial charge is 0.508 e. The van der Waals surface area contributed by atoms with Crippen molar-refractivity contribution in [3.63, 3.8) is 0 Å². The molecule has 2 aliphatic rings. The predicted molar refractivity (Wildman–Crippen MR) is 109 cm³/mol. The number of fused-ring (bicyclic) bond motifs is 3. The van der Waals surface area contributed by atoms with Crippen molar-refractivity contribution in [1.82, 2.24) is 9.99 Å². The Morgan fingerprint density at radius 3 is 2.76 bits per heavy atom. The van der Waals surface area contributed by atoms with Gasteiger partial charge in [-0.3, -0.25) is 4.98 Å². The Bertz CT molecular complexity index is 1070. The van der Waals surface area contributed by atoms with Crippen LogP contribution in [0.2, 0.25) is 0 Å². The van der Waals surface area contributed by atoms with E-state index in [1.54, 1.807) is 24.5 Å². The maximum Gasteiger partial charge on any atom is 0.214 e. The van der Waals surface area contributed by atoms with Gasteiger partial charge in [-0.1, -0.05) is 24.3 Å². The quantitative estimate of drug-likeness (QED) is 0.717. The summed E-state index contributed by atoms with van der Waals surface area (Å²) in [6.07, 6.45) is 3.85. The van der Waals surface area contributed by atoms with Crippen LogP contribution in [0.1, 0.15) is 42.3 Å². The van der Waals surface area contributed by atoms with Crippen molar-refractivity contribution < 1.29 is 14.6 Å². The molecule has 0 spiro atoms. The van der Waals surface area contributed by atoms with Crippen LogP contribution in [0.4, 0.5) is 0 Å². The van der Waals surface area contributed by atoms with Gasteiger partial charge >= 0.3 is 0 Å². The molecule has 0 fully saturated rings. The second kappa shape index (κ2) is 7.13. The Morgan fingerprint density at radius 1 is 1.14 bits per heavy atom. The highest BCUT2D eigenvalue weighted by Gasteiger charge is 2.42. The Hall–Kier alpha value is -3.54. The number of nitrogens with zero attached hydrogens (tertiary/aromatic N) is 3. The minimum Gasteiger partial charge on any atom is -0.508 e. The molecule has 0 bridgehead atoms. The third kappa shape index (κ3) is 3.06. The molecule has 1 N–H and O–H groups in total. The van der Waals surface area contributed by atoms with E-state index in [-0.39, 0.29) is 18.0 Å². The van der Waals surface area contributed by atoms with Crippen LogP contribution in [0.5, 0.6) is 17.2 Å². The van der Waals surface area contributed by atoms with Crippen LogP contribution in [0, 0.1) is 0 Å². The summed E-state index contributed by atoms with van der Waals surface area (Å²) in [5.41, 5.74) is 3.86. The molecule has 0 saturated carbocycles. The molecule has 0 amide bonds. The minimum absolute atomic E-state index is 0.0228. The molecule has 6 nitrogen and oxygen atoms in total. The van der Waals surface area contributed by atoms with Crippen LogP contribution < -0.4 is 9.47 Å². The number of phenols is 1. The van der Waals surface area contributed by atoms with Gasteiger partial charge in [-0.05, 0) is 37.3 Å². The van der Waals surface area contributed by atoms with Crippen molar-refractivity contribution in [1.29, 1.82) is 0 Å². The van der Waals surface area contributed by atoms with Crippen LogP contribution in [0.15, 0.2) is 72.1 Å². The van der Waals surface area contributed by atoms with Gasteiger partial charge in [0.1, 0.15) is 5.75 Å². The normalized spacial score (nSPS) is 19.8. The van der Waals surface area contributed by atoms with Gasteiger partial charge in [0.2, 0.25) is 6.23 Å². The number of para-hydroxylation sites is 1. The van der Waals surface area contributed by atoms with E-state index >= 15 is 0 Å². The first kappa shape index (κ1) is 17.6. The number of phenolic OH excluding ortho intramolecular Hbond substituents is 1. The van der Waals surface area contributed by atoms with Gasteiger partial charge in [0.25, 0.3) is 0 Å². The first-order chi connectivity index (χ1) is 14.2. The molecule has 1 aromatic heterocycles. The summed E-state index contributed by atoms with van der Waals surface area (Å²) in [7, 11) is 0. The first-order valence-electron chi connectivity index (χ1n) is 9.72. The average Bonchev–Trinajstić information content (AvgIpc) is 3.20. The standard InChI is InChI=1S/C23H21N3O3/c1-2-28-21-8-4-7-18-20-14-19(16-5-3-6-17(27)13-16)25-26(20)23(29-22(18)21)15-9-11-24-12-10-15/h3-13,20,23,27H,2,14H2,1H3. The Morgan fingerprint density at radius 2 is 1.97 bits per heavy atom. The summed E-state index contributed by atoms with van der Waals surface area (Å²) in [6, 6.07) is 17.1. The van der Waals surface area contributed by atoms with E-state index in [9.17, 15) is 5.11 Å². The molecular weight excluding hydrogens is 366 g/mol. The zero-order valence-corrected chi connectivity index (χ0v) is 16.0. The summed E-state index contributed by atoms with van der Waals surface area (Å²) in [6.45, 7) is 2.53. The van der Waals surface area contributed by atoms with Gasteiger partial charge in [-0.2, -0.15) is 5.10 Å². The summed E-state index contributed by atoms with van der Waals surface area (Å²) in [5.74, 6) is 1.75. The lowest BCUT2D eigenvalue weighted by molar-refractivity contribution is -0.0212. The number of hydrazone groups is 1. The van der Waals surface area contributed by atoms with Crippen LogP contribution in [-0.2, 0) is 0 Å². The summed E-state index contributed by atoms with van der Waals surface area (Å²) in [4.78, 5) is 4.13. The number of rotatable bonds is 4. The van der Waals surface area contributed by atoms with Gasteiger partial charge < -0.3 is 14.6 Å². The minimum atomic E-state index is -0.382. The summed E-state index contributed by atoms with van der Waals surface area (Å²) < 4.78 is 12.3. The van der Waals surface area contributed by atoms with Crippen molar-refractivity contribution in [3.8, 4) is 17.2 Å². The van der Waals surface area contributed by atoms with Crippen LogP contribution in [0.25, 0.3) is 0 Å². The first-order valence-corrected chi connectivity index (χ1v) is 9.72. The van der Waals surface area contributed by atoms with E-state index in [2.05, 4.69) is 11.1 Å². The fourth-order valence-electron chi connectivity index (χ4n) is 3.96. The van der Waals surface area contributed by atoms with E-state index < -0.39 is 0 Å². The molecule has 29 heavy (non-hydrogen) atoms. The van der Waals surface area contributed by atoms with E-state index in [0.29, 0.717) is 6.61 Å². The highest BCUT2D eigenvalue weighted by molar-refractivity contribution is 6.02. The smallest absolute Gasteiger partial charge is 0.214 e. The molecule has 2 aliphatic heterocycles. The lowest BCUT2D eigenvalue weighted by atomic mass is 9.95. The van der Waals surface area contributed by atoms with E-state index in [1.165, 1.54) is 0 Å². The van der Waals surface area contributed by atoms with Gasteiger partial charge in [0, 0.05) is 35.5 Å². The molecular formula is C23H21N3O3. The molecule has 5 rings (SSSR count). The van der Waals surface area contributed by atoms with Crippen LogP contribution in [0.3, 0.4) is 0 Å². The maximum absolute atomic E-state index is 9.90. The fraction of sp³-hybridized carbons (Fsp3) is 0.217. The fourth-order valence-corrected chi connectivity index (χ4v) is 3.96. The Balaban J connectivity index is 1.61. The molecule has 146 valence electrons. The van der Waals surface area contributed by atoms with Crippen molar-refractivity contribution in [2.75, 3.05) is 6.61 Å². The van der Waals surface area contributed by atoms with Gasteiger partial charge in [0.05, 0.1) is 18.4 Å². The predicted octanol–water partition coefficient (Wildman–Crippen LogP) is 4.43. The third-order valence-corrected chi connectivity index (χ3v) is 5.25. The number of pyridine rings is 1. The van der Waals surface area contributed by atoms with Gasteiger partial charge in [0.15, 0.2) is 11.5 Å². The lowest BCUT2D eigenvalue weighted by Crippen LogP contribution is -2.33. The van der Waals surface area contributed by atoms with Crippen LogP contribution in [-0.4, -0.2) is 27.4 Å². The summed E-state index contributed by atoms with van der Waals surface area (Å²) in [5, 5.41) is 16.8. The van der Waals surface area contributed by atoms with Gasteiger partial charge in [-0.15, -0.1) is 0 Å². The van der Waals surface area contributed by atoms with Crippen molar-refractivity contribution in [2.24, 2.45) is 5.10 Å². The maximum atomic E-state index is 9.90. The second-order valence-corrected chi connectivity index (χ2v) is 7.06. The lowest BCUT2D eigenvalue weighted by Gasteiger charge is -2.38. The molecule has 3 aromatic rings. The van der Waals surface area contributed by atoms with Crippen molar-refractivity contribution in [2.45, 2.75) is 25.6 Å². The molecule has 2 atom stereocenters. The van der Waals surface area contributed by atoms with Crippen LogP contribution >= 0.6 is 0 Å². The monoisotopic (exact) mass is 387 g/mol. The van der Waals surface area contributed by atoms with Crippen molar-refractivity contribution >= 4 is 5.71 Å². The number of benzene rings is 2.